The molecule has 0 aromatic carbocycles. The number of hydrogen-bond acceptors (Lipinski definition) is 6. The summed E-state index contributed by atoms with van der Waals surface area (Å²) in [5.41, 5.74) is 0. The van der Waals surface area contributed by atoms with Crippen molar-refractivity contribution in [1.82, 2.24) is 0 Å². The van der Waals surface area contributed by atoms with Crippen molar-refractivity contribution in [3.63, 3.8) is 0 Å². The van der Waals surface area contributed by atoms with Crippen molar-refractivity contribution in [2.75, 3.05) is 13.2 Å². The van der Waals surface area contributed by atoms with Crippen molar-refractivity contribution < 1.29 is 37.9 Å². The van der Waals surface area contributed by atoms with Crippen LogP contribution in [-0.2, 0) is 28.2 Å². The Hall–Kier alpha value is -1.99. The number of carbonyl (C=O) groups excluding carboxylic acids is 2. The van der Waals surface area contributed by atoms with Crippen molar-refractivity contribution in [2.24, 2.45) is 0 Å². The number of carbonyl (C=O) groups is 2. The number of esters is 2. The van der Waals surface area contributed by atoms with E-state index in [1.54, 1.807) is 0 Å². The average Bonchev–Trinajstić information content (AvgIpc) is 2.91. The summed E-state index contributed by atoms with van der Waals surface area (Å²) in [6, 6.07) is 0. The fraction of sp³-hybridized carbons (Fsp3) is 0.677. The van der Waals surface area contributed by atoms with Gasteiger partial charge in [-0.1, -0.05) is 101 Å². The molecular formula is C31H53O8P. The van der Waals surface area contributed by atoms with Gasteiger partial charge >= 0.3 is 19.8 Å². The zero-order valence-electron chi connectivity index (χ0n) is 24.7. The molecule has 0 bridgehead atoms. The minimum atomic E-state index is -4.75. The Kier molecular flexibility index (Phi) is 25.8. The van der Waals surface area contributed by atoms with Crippen LogP contribution in [0.1, 0.15) is 117 Å². The first kappa shape index (κ1) is 38.0. The molecule has 0 amide bonds. The van der Waals surface area contributed by atoms with Crippen molar-refractivity contribution in [2.45, 2.75) is 123 Å². The summed E-state index contributed by atoms with van der Waals surface area (Å²) in [5, 5.41) is 0. The highest BCUT2D eigenvalue weighted by molar-refractivity contribution is 7.46. The van der Waals surface area contributed by atoms with Gasteiger partial charge in [0, 0.05) is 12.8 Å². The van der Waals surface area contributed by atoms with Crippen molar-refractivity contribution in [3.8, 4) is 0 Å². The molecule has 0 aliphatic rings. The van der Waals surface area contributed by atoms with Crippen LogP contribution in [0.2, 0.25) is 0 Å². The van der Waals surface area contributed by atoms with Gasteiger partial charge in [0.05, 0.1) is 6.61 Å². The van der Waals surface area contributed by atoms with E-state index < -0.39 is 32.5 Å². The normalized spacial score (nSPS) is 13.2. The lowest BCUT2D eigenvalue weighted by Crippen LogP contribution is -2.29. The summed E-state index contributed by atoms with van der Waals surface area (Å²) >= 11 is 0. The largest absolute Gasteiger partial charge is 0.469 e. The molecular weight excluding hydrogens is 531 g/mol. The third-order valence-electron chi connectivity index (χ3n) is 5.86. The zero-order chi connectivity index (χ0) is 29.7. The molecule has 8 nitrogen and oxygen atoms in total. The van der Waals surface area contributed by atoms with Gasteiger partial charge < -0.3 is 19.3 Å². The summed E-state index contributed by atoms with van der Waals surface area (Å²) in [5.74, 6) is -0.948. The molecule has 9 heteroatoms. The van der Waals surface area contributed by atoms with Gasteiger partial charge in [-0.05, 0) is 51.4 Å². The van der Waals surface area contributed by atoms with Gasteiger partial charge in [-0.25, -0.2) is 4.57 Å². The quantitative estimate of drug-likeness (QED) is 0.0453. The number of rotatable bonds is 26. The Labute approximate surface area is 242 Å². The van der Waals surface area contributed by atoms with Crippen LogP contribution in [-0.4, -0.2) is 41.0 Å². The van der Waals surface area contributed by atoms with Gasteiger partial charge in [0.1, 0.15) is 6.61 Å². The smallest absolute Gasteiger partial charge is 0.462 e. The molecule has 0 saturated carbocycles. The molecule has 0 spiro atoms. The van der Waals surface area contributed by atoms with Gasteiger partial charge in [-0.2, -0.15) is 0 Å². The van der Waals surface area contributed by atoms with E-state index in [0.717, 1.165) is 57.8 Å². The first-order chi connectivity index (χ1) is 19.3. The SMILES string of the molecule is CC/C=C/C/C=C/C/C=C/C/C=C/CCCCC(=O)O[C@H](COC(=O)CCCCCCCCC)COP(=O)(O)O. The first-order valence-corrected chi connectivity index (χ1v) is 16.5. The Bertz CT molecular complexity index is 797. The minimum absolute atomic E-state index is 0.159. The highest BCUT2D eigenvalue weighted by Crippen LogP contribution is 2.35. The third kappa shape index (κ3) is 29.0. The van der Waals surface area contributed by atoms with Gasteiger partial charge in [0.25, 0.3) is 0 Å². The van der Waals surface area contributed by atoms with Crippen LogP contribution in [0.25, 0.3) is 0 Å². The lowest BCUT2D eigenvalue weighted by Gasteiger charge is -2.18. The molecule has 2 N–H and O–H groups in total. The maximum absolute atomic E-state index is 12.2. The van der Waals surface area contributed by atoms with Crippen molar-refractivity contribution in [1.29, 1.82) is 0 Å². The highest BCUT2D eigenvalue weighted by Gasteiger charge is 2.22. The minimum Gasteiger partial charge on any atom is -0.462 e. The number of phosphoric acid groups is 1. The molecule has 0 aliphatic heterocycles. The van der Waals surface area contributed by atoms with Crippen LogP contribution in [0.4, 0.5) is 0 Å². The highest BCUT2D eigenvalue weighted by atomic mass is 31.2. The Balaban J connectivity index is 4.16. The number of ether oxygens (including phenoxy) is 2. The van der Waals surface area contributed by atoms with Crippen molar-refractivity contribution >= 4 is 19.8 Å². The van der Waals surface area contributed by atoms with E-state index >= 15 is 0 Å². The molecule has 40 heavy (non-hydrogen) atoms. The fourth-order valence-electron chi connectivity index (χ4n) is 3.65. The second-order valence-corrected chi connectivity index (χ2v) is 10.9. The molecule has 0 saturated heterocycles. The van der Waals surface area contributed by atoms with Crippen LogP contribution in [0, 0.1) is 0 Å². The summed E-state index contributed by atoms with van der Waals surface area (Å²) in [7, 11) is -4.75. The molecule has 0 heterocycles. The van der Waals surface area contributed by atoms with Gasteiger partial charge in [0.15, 0.2) is 6.10 Å². The Morgan fingerprint density at radius 2 is 1.20 bits per heavy atom. The summed E-state index contributed by atoms with van der Waals surface area (Å²) in [6.07, 6.45) is 30.0. The van der Waals surface area contributed by atoms with Crippen LogP contribution < -0.4 is 0 Å². The van der Waals surface area contributed by atoms with E-state index in [2.05, 4.69) is 67.0 Å². The molecule has 0 rings (SSSR count). The molecule has 0 unspecified atom stereocenters. The van der Waals surface area contributed by atoms with Crippen LogP contribution in [0.5, 0.6) is 0 Å². The van der Waals surface area contributed by atoms with E-state index in [9.17, 15) is 14.2 Å². The van der Waals surface area contributed by atoms with Gasteiger partial charge in [-0.15, -0.1) is 0 Å². The number of allylic oxidation sites excluding steroid dienone is 8. The average molecular weight is 585 g/mol. The monoisotopic (exact) mass is 584 g/mol. The Morgan fingerprint density at radius 1 is 0.675 bits per heavy atom. The Morgan fingerprint density at radius 3 is 1.80 bits per heavy atom. The third-order valence-corrected chi connectivity index (χ3v) is 6.35. The maximum atomic E-state index is 12.2. The summed E-state index contributed by atoms with van der Waals surface area (Å²) in [6.45, 7) is 3.43. The van der Waals surface area contributed by atoms with Crippen LogP contribution in [0.15, 0.2) is 48.6 Å². The summed E-state index contributed by atoms with van der Waals surface area (Å²) in [4.78, 5) is 42.2. The second-order valence-electron chi connectivity index (χ2n) is 9.70. The predicted octanol–water partition coefficient (Wildman–Crippen LogP) is 8.06. The van der Waals surface area contributed by atoms with Crippen LogP contribution >= 0.6 is 7.82 Å². The zero-order valence-corrected chi connectivity index (χ0v) is 25.6. The molecule has 0 aliphatic carbocycles. The maximum Gasteiger partial charge on any atom is 0.469 e. The second kappa shape index (κ2) is 27.2. The van der Waals surface area contributed by atoms with E-state index in [0.29, 0.717) is 12.8 Å². The fourth-order valence-corrected chi connectivity index (χ4v) is 4.02. The molecule has 0 fully saturated rings. The first-order valence-electron chi connectivity index (χ1n) is 14.9. The molecule has 0 aromatic rings. The predicted molar refractivity (Wildman–Crippen MR) is 161 cm³/mol. The van der Waals surface area contributed by atoms with Gasteiger partial charge in [-0.3, -0.25) is 14.1 Å². The van der Waals surface area contributed by atoms with E-state index in [1.807, 2.05) is 0 Å². The summed E-state index contributed by atoms with van der Waals surface area (Å²) < 4.78 is 26.0. The standard InChI is InChI=1S/C31H53O8P/c1-3-5-7-9-11-12-13-14-15-16-17-18-20-22-24-26-31(33)39-29(28-38-40(34,35)36)27-37-30(32)25-23-21-19-10-8-6-4-2/h5,7,11-12,14-15,17-18,29H,3-4,6,8-10,13,16,19-28H2,1-2H3,(H2,34,35,36)/b7-5+,12-11+,15-14+,18-17+/t29-/m1/s1. The van der Waals surface area contributed by atoms with Crippen LogP contribution in [0.3, 0.4) is 0 Å². The lowest BCUT2D eigenvalue weighted by atomic mass is 10.1. The van der Waals surface area contributed by atoms with Gasteiger partial charge in [0.2, 0.25) is 0 Å². The molecule has 1 atom stereocenters. The molecule has 0 aromatic heterocycles. The lowest BCUT2D eigenvalue weighted by molar-refractivity contribution is -0.161. The number of hydrogen-bond donors (Lipinski definition) is 2. The number of unbranched alkanes of at least 4 members (excludes halogenated alkanes) is 8. The van der Waals surface area contributed by atoms with E-state index in [4.69, 9.17) is 19.3 Å². The van der Waals surface area contributed by atoms with E-state index in [-0.39, 0.29) is 19.4 Å². The molecule has 0 radical (unpaired) electrons. The van der Waals surface area contributed by atoms with Crippen molar-refractivity contribution in [3.05, 3.63) is 48.6 Å². The topological polar surface area (TPSA) is 119 Å². The number of phosphoric ester groups is 1. The van der Waals surface area contributed by atoms with E-state index in [1.165, 1.54) is 19.3 Å². The molecule has 230 valence electrons.